The number of phenolic OH excluding ortho intramolecular Hbond substituents is 1. The Balaban J connectivity index is 2.04. The number of alkyl halides is 1. The highest BCUT2D eigenvalue weighted by molar-refractivity contribution is 6.21. The highest BCUT2D eigenvalue weighted by Gasteiger charge is 2.29. The van der Waals surface area contributed by atoms with Gasteiger partial charge in [-0.3, -0.25) is 4.79 Å². The van der Waals surface area contributed by atoms with E-state index in [1.54, 1.807) is 37.1 Å². The summed E-state index contributed by atoms with van der Waals surface area (Å²) in [6.45, 7) is 2.49. The maximum atomic E-state index is 12.3. The van der Waals surface area contributed by atoms with Crippen LogP contribution in [0, 0.1) is 12.8 Å². The van der Waals surface area contributed by atoms with Gasteiger partial charge < -0.3 is 10.0 Å². The third-order valence-corrected chi connectivity index (χ3v) is 3.95. The summed E-state index contributed by atoms with van der Waals surface area (Å²) in [5.41, 5.74) is 1.21. The minimum Gasteiger partial charge on any atom is -0.508 e. The number of carbonyl (C=O) groups is 1. The average Bonchev–Trinajstić information content (AvgIpc) is 2.30. The Morgan fingerprint density at radius 2 is 2.17 bits per heavy atom. The molecule has 1 aromatic rings. The summed E-state index contributed by atoms with van der Waals surface area (Å²) in [5, 5.41) is 9.90. The normalized spacial score (nSPS) is 22.4. The number of phenols is 1. The molecule has 98 valence electrons. The number of nitrogens with zero attached hydrogens (tertiary/aromatic N) is 1. The lowest BCUT2D eigenvalue weighted by Gasteiger charge is -2.34. The molecule has 18 heavy (non-hydrogen) atoms. The molecule has 2 rings (SSSR count). The van der Waals surface area contributed by atoms with E-state index in [1.165, 1.54) is 0 Å². The van der Waals surface area contributed by atoms with E-state index in [2.05, 4.69) is 0 Å². The molecule has 1 aliphatic carbocycles. The summed E-state index contributed by atoms with van der Waals surface area (Å²) in [6.07, 6.45) is 1.97. The van der Waals surface area contributed by atoms with E-state index in [0.717, 1.165) is 19.4 Å². The fourth-order valence-electron chi connectivity index (χ4n) is 2.33. The van der Waals surface area contributed by atoms with Crippen LogP contribution in [0.3, 0.4) is 0 Å². The van der Waals surface area contributed by atoms with Crippen LogP contribution in [0.2, 0.25) is 0 Å². The van der Waals surface area contributed by atoms with Gasteiger partial charge in [-0.15, -0.1) is 11.6 Å². The molecule has 4 heteroatoms. The Hall–Kier alpha value is -1.22. The number of benzene rings is 1. The van der Waals surface area contributed by atoms with Crippen LogP contribution < -0.4 is 0 Å². The van der Waals surface area contributed by atoms with Gasteiger partial charge in [0.05, 0.1) is 0 Å². The highest BCUT2D eigenvalue weighted by atomic mass is 35.5. The van der Waals surface area contributed by atoms with Crippen LogP contribution in [0.5, 0.6) is 5.75 Å². The van der Waals surface area contributed by atoms with Crippen LogP contribution in [0.25, 0.3) is 0 Å². The Morgan fingerprint density at radius 1 is 1.50 bits per heavy atom. The first-order chi connectivity index (χ1) is 8.49. The van der Waals surface area contributed by atoms with Crippen LogP contribution in [-0.4, -0.2) is 34.9 Å². The summed E-state index contributed by atoms with van der Waals surface area (Å²) >= 11 is 5.93. The molecule has 0 unspecified atom stereocenters. The van der Waals surface area contributed by atoms with E-state index in [0.29, 0.717) is 17.0 Å². The van der Waals surface area contributed by atoms with Gasteiger partial charge in [0.25, 0.3) is 5.91 Å². The summed E-state index contributed by atoms with van der Waals surface area (Å²) in [5.74, 6) is 0.638. The molecule has 0 radical (unpaired) electrons. The van der Waals surface area contributed by atoms with Crippen molar-refractivity contribution in [3.05, 3.63) is 29.3 Å². The number of halogens is 1. The average molecular weight is 268 g/mol. The third-order valence-electron chi connectivity index (χ3n) is 3.59. The lowest BCUT2D eigenvalue weighted by Crippen LogP contribution is -2.38. The number of hydrogen-bond acceptors (Lipinski definition) is 2. The zero-order valence-electron chi connectivity index (χ0n) is 10.7. The van der Waals surface area contributed by atoms with Gasteiger partial charge in [0.15, 0.2) is 0 Å². The number of rotatable bonds is 3. The predicted molar refractivity (Wildman–Crippen MR) is 72.2 cm³/mol. The first kappa shape index (κ1) is 13.2. The Bertz CT molecular complexity index is 455. The number of aromatic hydroxyl groups is 1. The van der Waals surface area contributed by atoms with E-state index in [-0.39, 0.29) is 17.0 Å². The molecule has 1 aromatic carbocycles. The van der Waals surface area contributed by atoms with Gasteiger partial charge in [0.1, 0.15) is 5.75 Å². The number of carbonyl (C=O) groups excluding carboxylic acids is 1. The van der Waals surface area contributed by atoms with Crippen molar-refractivity contribution in [1.82, 2.24) is 4.90 Å². The van der Waals surface area contributed by atoms with Crippen molar-refractivity contribution < 1.29 is 9.90 Å². The quantitative estimate of drug-likeness (QED) is 0.856. The molecule has 0 aliphatic heterocycles. The van der Waals surface area contributed by atoms with Gasteiger partial charge in [0.2, 0.25) is 0 Å². The fourth-order valence-corrected chi connectivity index (χ4v) is 2.84. The largest absolute Gasteiger partial charge is 0.508 e. The zero-order valence-corrected chi connectivity index (χ0v) is 11.4. The van der Waals surface area contributed by atoms with Crippen LogP contribution >= 0.6 is 11.6 Å². The Morgan fingerprint density at radius 3 is 2.78 bits per heavy atom. The van der Waals surface area contributed by atoms with E-state index in [1.807, 2.05) is 0 Å². The molecule has 1 N–H and O–H groups in total. The molecular weight excluding hydrogens is 250 g/mol. The van der Waals surface area contributed by atoms with Crippen molar-refractivity contribution in [2.24, 2.45) is 5.92 Å². The molecule has 0 heterocycles. The van der Waals surface area contributed by atoms with Crippen molar-refractivity contribution >= 4 is 17.5 Å². The molecule has 0 saturated heterocycles. The fraction of sp³-hybridized carbons (Fsp3) is 0.500. The predicted octanol–water partition coefficient (Wildman–Crippen LogP) is 2.79. The van der Waals surface area contributed by atoms with Gasteiger partial charge in [-0.25, -0.2) is 0 Å². The standard InChI is InChI=1S/C14H18ClNO2/c1-9-12(4-3-5-13(9)17)14(18)16(2)8-10-6-11(15)7-10/h3-5,10-11,17H,6-8H2,1-2H3. The summed E-state index contributed by atoms with van der Waals surface area (Å²) in [6, 6.07) is 5.04. The second-order valence-electron chi connectivity index (χ2n) is 5.07. The van der Waals surface area contributed by atoms with Crippen molar-refractivity contribution in [1.29, 1.82) is 0 Å². The molecule has 0 spiro atoms. The molecule has 0 atom stereocenters. The SMILES string of the molecule is Cc1c(O)cccc1C(=O)N(C)CC1CC(Cl)C1. The molecule has 0 aromatic heterocycles. The first-order valence-electron chi connectivity index (χ1n) is 6.17. The molecular formula is C14H18ClNO2. The summed E-state index contributed by atoms with van der Waals surface area (Å²) in [4.78, 5) is 14.0. The monoisotopic (exact) mass is 267 g/mol. The second-order valence-corrected chi connectivity index (χ2v) is 5.69. The topological polar surface area (TPSA) is 40.5 Å². The van der Waals surface area contributed by atoms with Crippen LogP contribution in [-0.2, 0) is 0 Å². The zero-order chi connectivity index (χ0) is 13.3. The van der Waals surface area contributed by atoms with E-state index in [4.69, 9.17) is 11.6 Å². The van der Waals surface area contributed by atoms with Crippen LogP contribution in [0.15, 0.2) is 18.2 Å². The van der Waals surface area contributed by atoms with Crippen molar-refractivity contribution in [2.45, 2.75) is 25.1 Å². The minimum absolute atomic E-state index is 0.0403. The van der Waals surface area contributed by atoms with Crippen molar-refractivity contribution in [3.8, 4) is 5.75 Å². The maximum Gasteiger partial charge on any atom is 0.254 e. The summed E-state index contributed by atoms with van der Waals surface area (Å²) in [7, 11) is 1.80. The minimum atomic E-state index is -0.0403. The molecule has 1 saturated carbocycles. The maximum absolute atomic E-state index is 12.3. The molecule has 0 bridgehead atoms. The van der Waals surface area contributed by atoms with E-state index in [9.17, 15) is 9.90 Å². The Kier molecular flexibility index (Phi) is 3.81. The lowest BCUT2D eigenvalue weighted by atomic mass is 9.84. The van der Waals surface area contributed by atoms with Crippen molar-refractivity contribution in [3.63, 3.8) is 0 Å². The lowest BCUT2D eigenvalue weighted by molar-refractivity contribution is 0.0745. The summed E-state index contributed by atoms with van der Waals surface area (Å²) < 4.78 is 0. The second kappa shape index (κ2) is 5.19. The first-order valence-corrected chi connectivity index (χ1v) is 6.60. The van der Waals surface area contributed by atoms with Gasteiger partial charge in [-0.05, 0) is 37.8 Å². The third kappa shape index (κ3) is 2.61. The van der Waals surface area contributed by atoms with Crippen LogP contribution in [0.4, 0.5) is 0 Å². The number of amides is 1. The number of hydrogen-bond donors (Lipinski definition) is 1. The van der Waals surface area contributed by atoms with Gasteiger partial charge in [-0.2, -0.15) is 0 Å². The van der Waals surface area contributed by atoms with Gasteiger partial charge >= 0.3 is 0 Å². The van der Waals surface area contributed by atoms with E-state index >= 15 is 0 Å². The van der Waals surface area contributed by atoms with E-state index < -0.39 is 0 Å². The smallest absolute Gasteiger partial charge is 0.254 e. The van der Waals surface area contributed by atoms with Gasteiger partial charge in [0, 0.05) is 30.1 Å². The molecule has 3 nitrogen and oxygen atoms in total. The van der Waals surface area contributed by atoms with Crippen LogP contribution in [0.1, 0.15) is 28.8 Å². The van der Waals surface area contributed by atoms with Gasteiger partial charge in [-0.1, -0.05) is 6.07 Å². The Labute approximate surface area is 112 Å². The highest BCUT2D eigenvalue weighted by Crippen LogP contribution is 2.32. The molecule has 1 fully saturated rings. The molecule has 1 aliphatic rings. The molecule has 1 amide bonds. The van der Waals surface area contributed by atoms with Crippen molar-refractivity contribution in [2.75, 3.05) is 13.6 Å².